The van der Waals surface area contributed by atoms with E-state index in [0.717, 1.165) is 21.9 Å². The number of H-pyrrole nitrogens is 2. The second kappa shape index (κ2) is 18.0. The average molecular weight is 1000 g/mol. The third kappa shape index (κ3) is 7.54. The van der Waals surface area contributed by atoms with Gasteiger partial charge in [0.05, 0.1) is 25.5 Å². The van der Waals surface area contributed by atoms with Crippen LogP contribution < -0.4 is 0 Å². The van der Waals surface area contributed by atoms with Crippen LogP contribution in [0.25, 0.3) is 112 Å². The van der Waals surface area contributed by atoms with E-state index in [1.165, 1.54) is 23.6 Å². The van der Waals surface area contributed by atoms with Gasteiger partial charge in [-0.25, -0.2) is 39.3 Å². The summed E-state index contributed by atoms with van der Waals surface area (Å²) in [6, 6.07) is 26.8. The van der Waals surface area contributed by atoms with Gasteiger partial charge in [0.15, 0.2) is 35.9 Å². The van der Waals surface area contributed by atoms with Crippen LogP contribution >= 0.6 is 0 Å². The summed E-state index contributed by atoms with van der Waals surface area (Å²) in [5, 5.41) is 84.7. The molecule has 0 saturated carbocycles. The summed E-state index contributed by atoms with van der Waals surface area (Å²) in [4.78, 5) is 37.9. The van der Waals surface area contributed by atoms with E-state index in [1.807, 2.05) is 84.9 Å². The topological polar surface area (TPSA) is 329 Å². The average Bonchev–Trinajstić information content (AvgIpc) is 4.32. The molecular formula is C50H44N14O10. The molecule has 2 saturated heterocycles. The Morgan fingerprint density at radius 1 is 0.446 bits per heavy atom. The summed E-state index contributed by atoms with van der Waals surface area (Å²) in [6.45, 7) is -0.159. The second-order valence-corrected chi connectivity index (χ2v) is 18.3. The van der Waals surface area contributed by atoms with Crippen LogP contribution in [0, 0.1) is 0 Å². The first-order valence-electron chi connectivity index (χ1n) is 23.6. The van der Waals surface area contributed by atoms with Crippen molar-refractivity contribution < 1.29 is 49.6 Å². The maximum absolute atomic E-state index is 10.9. The minimum Gasteiger partial charge on any atom is -0.388 e. The number of nitrogens with zero attached hydrogens (tertiary/aromatic N) is 12. The van der Waals surface area contributed by atoms with Gasteiger partial charge in [-0.1, -0.05) is 95.4 Å². The van der Waals surface area contributed by atoms with Gasteiger partial charge in [0.2, 0.25) is 0 Å². The van der Waals surface area contributed by atoms with Gasteiger partial charge in [-0.05, 0) is 0 Å². The number of nitrogens with one attached hydrogen (secondary N) is 2. The van der Waals surface area contributed by atoms with Crippen LogP contribution in [0.3, 0.4) is 0 Å². The molecular weight excluding hydrogens is 957 g/mol. The molecule has 9 aromatic rings. The maximum atomic E-state index is 10.9. The lowest BCUT2D eigenvalue weighted by Gasteiger charge is -2.39. The Morgan fingerprint density at radius 3 is 1.20 bits per heavy atom. The van der Waals surface area contributed by atoms with Crippen molar-refractivity contribution in [1.29, 1.82) is 0 Å². The number of benzene rings is 4. The third-order valence-electron chi connectivity index (χ3n) is 13.9. The standard InChI is InChI=1S/C50H44N14O10/c1-71-49-39(69)37(67)35(65)31(73-49)19-63-17-29(59-61-63)27-15-16-28(30-18-64(62-60-30)20-32-36(66)38(68)40(70)50(72-2)74-32)34-33(27)47-56-45-25-13-7-5-11-23(25)43(54-45)52-41-21-9-3-4-10-22(21)42(51-41)53-44-24-12-6-8-14-26(24)46(55-44)57-48(34)58-47/h3-18,31-32,35-40,49-50,65-70H,19-20H2,1-2H3,(H2,51,52,53,54,55,56,57,58)/t31-,32-,35-,36-,37+,38+,39-,40-,49-,50-/m1/s1. The van der Waals surface area contributed by atoms with Crippen LogP contribution in [0.5, 0.6) is 0 Å². The molecule has 4 aliphatic rings. The largest absolute Gasteiger partial charge is 0.388 e. The van der Waals surface area contributed by atoms with Crippen molar-refractivity contribution in [3.63, 3.8) is 0 Å². The van der Waals surface area contributed by atoms with Gasteiger partial charge < -0.3 is 59.6 Å². The fourth-order valence-electron chi connectivity index (χ4n) is 10.1. The van der Waals surface area contributed by atoms with E-state index in [-0.39, 0.29) is 13.1 Å². The van der Waals surface area contributed by atoms with E-state index in [0.29, 0.717) is 90.3 Å². The number of rotatable bonds is 8. The number of hydrogen-bond acceptors (Lipinski definition) is 20. The Balaban J connectivity index is 1.06. The number of hydrogen-bond donors (Lipinski definition) is 8. The Labute approximate surface area is 416 Å². The molecule has 24 heteroatoms. The molecule has 4 aromatic carbocycles. The minimum atomic E-state index is -1.55. The molecule has 0 spiro atoms. The molecule has 8 bridgehead atoms. The van der Waals surface area contributed by atoms with Gasteiger partial charge in [-0.15, -0.1) is 10.2 Å². The summed E-state index contributed by atoms with van der Waals surface area (Å²) in [5.74, 6) is 1.52. The van der Waals surface area contributed by atoms with Gasteiger partial charge >= 0.3 is 0 Å². The zero-order valence-corrected chi connectivity index (χ0v) is 39.1. The molecule has 0 aliphatic carbocycles. The van der Waals surface area contributed by atoms with Crippen molar-refractivity contribution in [1.82, 2.24) is 69.9 Å². The van der Waals surface area contributed by atoms with Crippen molar-refractivity contribution >= 4 is 44.1 Å². The summed E-state index contributed by atoms with van der Waals surface area (Å²) >= 11 is 0. The first-order valence-corrected chi connectivity index (χ1v) is 23.6. The van der Waals surface area contributed by atoms with Crippen molar-refractivity contribution in [3.8, 4) is 68.1 Å². The fraction of sp³-hybridized carbons (Fsp3) is 0.280. The minimum absolute atomic E-state index is 0.0795. The number of aromatic nitrogens is 14. The highest BCUT2D eigenvalue weighted by Gasteiger charge is 2.45. The number of fused-ring (bicyclic) bond motifs is 20. The lowest BCUT2D eigenvalue weighted by atomic mass is 9.98. The first-order chi connectivity index (χ1) is 36.0. The van der Waals surface area contributed by atoms with E-state index in [9.17, 15) is 30.6 Å². The number of aliphatic hydroxyl groups is 6. The van der Waals surface area contributed by atoms with E-state index >= 15 is 0 Å². The molecule has 8 N–H and O–H groups in total. The molecule has 374 valence electrons. The van der Waals surface area contributed by atoms with Crippen molar-refractivity contribution in [2.45, 2.75) is 74.5 Å². The summed E-state index contributed by atoms with van der Waals surface area (Å²) in [6.07, 6.45) is -10.2. The zero-order chi connectivity index (χ0) is 50.5. The maximum Gasteiger partial charge on any atom is 0.186 e. The highest BCUT2D eigenvalue weighted by atomic mass is 16.7. The summed E-state index contributed by atoms with van der Waals surface area (Å²) in [5.41, 5.74) is 6.44. The monoisotopic (exact) mass is 1000 g/mol. The Morgan fingerprint density at radius 2 is 0.811 bits per heavy atom. The molecule has 5 aromatic heterocycles. The van der Waals surface area contributed by atoms with Crippen LogP contribution in [0.15, 0.2) is 97.3 Å². The zero-order valence-electron chi connectivity index (χ0n) is 39.1. The predicted octanol–water partition coefficient (Wildman–Crippen LogP) is 2.29. The molecule has 24 nitrogen and oxygen atoms in total. The molecule has 2 fully saturated rings. The van der Waals surface area contributed by atoms with Gasteiger partial charge in [-0.3, -0.25) is 0 Å². The molecule has 4 aliphatic heterocycles. The fourth-order valence-corrected chi connectivity index (χ4v) is 10.1. The van der Waals surface area contributed by atoms with Crippen LogP contribution in [-0.2, 0) is 32.0 Å². The first kappa shape index (κ1) is 45.9. The molecule has 13 rings (SSSR count). The highest BCUT2D eigenvalue weighted by Crippen LogP contribution is 2.42. The number of aromatic amines is 2. The van der Waals surface area contributed by atoms with E-state index in [4.69, 9.17) is 48.9 Å². The lowest BCUT2D eigenvalue weighted by Crippen LogP contribution is -2.58. The van der Waals surface area contributed by atoms with Crippen LogP contribution in [0.2, 0.25) is 0 Å². The highest BCUT2D eigenvalue weighted by molar-refractivity contribution is 6.18. The van der Waals surface area contributed by atoms with Gasteiger partial charge in [0, 0.05) is 69.1 Å². The van der Waals surface area contributed by atoms with Crippen molar-refractivity contribution in [2.75, 3.05) is 14.2 Å². The Bertz CT molecular complexity index is 3600. The normalized spacial score (nSPS) is 24.6. The van der Waals surface area contributed by atoms with Crippen LogP contribution in [0.1, 0.15) is 0 Å². The number of methoxy groups -OCH3 is 2. The second-order valence-electron chi connectivity index (χ2n) is 18.3. The van der Waals surface area contributed by atoms with E-state index in [2.05, 4.69) is 30.6 Å². The van der Waals surface area contributed by atoms with Crippen molar-refractivity contribution in [2.24, 2.45) is 0 Å². The quantitative estimate of drug-likeness (QED) is 0.108. The van der Waals surface area contributed by atoms with Gasteiger partial charge in [0.1, 0.15) is 82.8 Å². The smallest absolute Gasteiger partial charge is 0.186 e. The van der Waals surface area contributed by atoms with Crippen molar-refractivity contribution in [3.05, 3.63) is 97.3 Å². The third-order valence-corrected chi connectivity index (χ3v) is 13.9. The Kier molecular flexibility index (Phi) is 11.1. The van der Waals surface area contributed by atoms with Crippen LogP contribution in [-0.4, -0.2) is 176 Å². The SMILES string of the molecule is CO[C@@H]1O[C@H](Cn2cc(-c3ccc(-c4cn(C[C@H]5O[C@@H](OC)[C@H](O)[C@@H](O)[C@@H]5O)nn4)c4c5nc6nc(nc7[nH]c(nc8nc(nc([nH]5)c34)-c3ccccc3-8)c3ccccc73)-c3ccccc3-6)nn2)[C@@H](O)[C@H](O)[C@H]1O. The molecule has 74 heavy (non-hydrogen) atoms. The Hall–Kier alpha value is -7.88. The number of ether oxygens (including phenoxy) is 4. The molecule has 10 atom stereocenters. The lowest BCUT2D eigenvalue weighted by molar-refractivity contribution is -0.292. The van der Waals surface area contributed by atoms with Crippen LogP contribution in [0.4, 0.5) is 0 Å². The molecule has 9 heterocycles. The van der Waals surface area contributed by atoms with E-state index < -0.39 is 61.4 Å². The van der Waals surface area contributed by atoms with Gasteiger partial charge in [-0.2, -0.15) is 0 Å². The molecule has 0 amide bonds. The molecule has 0 radical (unpaired) electrons. The van der Waals surface area contributed by atoms with E-state index in [1.54, 1.807) is 12.4 Å². The summed E-state index contributed by atoms with van der Waals surface area (Å²) in [7, 11) is 2.65. The predicted molar refractivity (Wildman–Crippen MR) is 261 cm³/mol. The summed E-state index contributed by atoms with van der Waals surface area (Å²) < 4.78 is 25.1. The number of aliphatic hydroxyl groups excluding tert-OH is 6. The molecule has 0 unspecified atom stereocenters. The van der Waals surface area contributed by atoms with Gasteiger partial charge in [0.25, 0.3) is 0 Å².